The zero-order valence-electron chi connectivity index (χ0n) is 8.76. The lowest BCUT2D eigenvalue weighted by atomic mass is 9.98. The zero-order chi connectivity index (χ0) is 9.10. The number of likely N-dealkylation sites (tertiary alicyclic amines) is 1. The molecule has 0 spiro atoms. The standard InChI is InChI=1S/C11H22N2/c1-10-3-2-6-13(8-10)9-11-4-5-12-7-11/h10-12H,2-9H2,1H3/t10-,11+/m0/s1. The normalized spacial score (nSPS) is 36.7. The maximum atomic E-state index is 3.45. The first-order chi connectivity index (χ1) is 6.34. The lowest BCUT2D eigenvalue weighted by Crippen LogP contribution is -2.38. The van der Waals surface area contributed by atoms with E-state index in [2.05, 4.69) is 17.1 Å². The Bertz CT molecular complexity index is 152. The second kappa shape index (κ2) is 4.43. The molecule has 0 aromatic carbocycles. The van der Waals surface area contributed by atoms with E-state index in [0.717, 1.165) is 11.8 Å². The Balaban J connectivity index is 1.73. The summed E-state index contributed by atoms with van der Waals surface area (Å²) in [5, 5.41) is 3.45. The molecule has 0 unspecified atom stereocenters. The molecule has 2 heteroatoms. The minimum Gasteiger partial charge on any atom is -0.316 e. The highest BCUT2D eigenvalue weighted by molar-refractivity contribution is 4.77. The van der Waals surface area contributed by atoms with Gasteiger partial charge in [0.1, 0.15) is 0 Å². The molecule has 0 bridgehead atoms. The van der Waals surface area contributed by atoms with Crippen LogP contribution in [0.1, 0.15) is 26.2 Å². The molecule has 0 aliphatic carbocycles. The van der Waals surface area contributed by atoms with Crippen LogP contribution in [0.3, 0.4) is 0 Å². The van der Waals surface area contributed by atoms with Crippen LogP contribution in [0, 0.1) is 11.8 Å². The summed E-state index contributed by atoms with van der Waals surface area (Å²) >= 11 is 0. The number of nitrogens with zero attached hydrogens (tertiary/aromatic N) is 1. The molecule has 2 aliphatic rings. The number of nitrogens with one attached hydrogen (secondary N) is 1. The molecule has 2 atom stereocenters. The van der Waals surface area contributed by atoms with Crippen LogP contribution in [0.25, 0.3) is 0 Å². The van der Waals surface area contributed by atoms with Crippen LogP contribution in [-0.4, -0.2) is 37.6 Å². The summed E-state index contributed by atoms with van der Waals surface area (Å²) in [5.41, 5.74) is 0. The monoisotopic (exact) mass is 182 g/mol. The first-order valence-corrected chi connectivity index (χ1v) is 5.77. The molecule has 0 radical (unpaired) electrons. The van der Waals surface area contributed by atoms with E-state index in [1.54, 1.807) is 0 Å². The van der Waals surface area contributed by atoms with Crippen LogP contribution >= 0.6 is 0 Å². The van der Waals surface area contributed by atoms with Crippen LogP contribution in [0.4, 0.5) is 0 Å². The van der Waals surface area contributed by atoms with Gasteiger partial charge in [0, 0.05) is 13.1 Å². The number of rotatable bonds is 2. The van der Waals surface area contributed by atoms with Crippen molar-refractivity contribution >= 4 is 0 Å². The molecule has 2 aliphatic heterocycles. The average molecular weight is 182 g/mol. The second-order valence-electron chi connectivity index (χ2n) is 4.87. The fraction of sp³-hybridized carbons (Fsp3) is 1.00. The summed E-state index contributed by atoms with van der Waals surface area (Å²) in [4.78, 5) is 2.67. The summed E-state index contributed by atoms with van der Waals surface area (Å²) in [6, 6.07) is 0. The van der Waals surface area contributed by atoms with E-state index in [0.29, 0.717) is 0 Å². The van der Waals surface area contributed by atoms with Crippen molar-refractivity contribution in [2.45, 2.75) is 26.2 Å². The highest BCUT2D eigenvalue weighted by atomic mass is 15.1. The van der Waals surface area contributed by atoms with Gasteiger partial charge in [-0.3, -0.25) is 0 Å². The molecule has 13 heavy (non-hydrogen) atoms. The van der Waals surface area contributed by atoms with Crippen LogP contribution < -0.4 is 5.32 Å². The van der Waals surface area contributed by atoms with Crippen molar-refractivity contribution in [2.75, 3.05) is 32.7 Å². The van der Waals surface area contributed by atoms with Crippen molar-refractivity contribution in [3.63, 3.8) is 0 Å². The predicted octanol–water partition coefficient (Wildman–Crippen LogP) is 1.33. The molecule has 2 heterocycles. The van der Waals surface area contributed by atoms with Crippen LogP contribution in [-0.2, 0) is 0 Å². The largest absolute Gasteiger partial charge is 0.316 e. The van der Waals surface area contributed by atoms with Crippen LogP contribution in [0.2, 0.25) is 0 Å². The lowest BCUT2D eigenvalue weighted by molar-refractivity contribution is 0.163. The Hall–Kier alpha value is -0.0800. The molecule has 2 nitrogen and oxygen atoms in total. The molecule has 2 fully saturated rings. The van der Waals surface area contributed by atoms with Crippen molar-refractivity contribution in [3.8, 4) is 0 Å². The van der Waals surface area contributed by atoms with Crippen molar-refractivity contribution in [3.05, 3.63) is 0 Å². The van der Waals surface area contributed by atoms with Gasteiger partial charge in [-0.05, 0) is 50.7 Å². The van der Waals surface area contributed by atoms with Gasteiger partial charge >= 0.3 is 0 Å². The van der Waals surface area contributed by atoms with Gasteiger partial charge in [-0.2, -0.15) is 0 Å². The molecule has 0 aromatic rings. The third kappa shape index (κ3) is 2.68. The van der Waals surface area contributed by atoms with Crippen molar-refractivity contribution in [2.24, 2.45) is 11.8 Å². The smallest absolute Gasteiger partial charge is 0.00224 e. The zero-order valence-corrected chi connectivity index (χ0v) is 8.76. The number of hydrogen-bond acceptors (Lipinski definition) is 2. The van der Waals surface area contributed by atoms with Gasteiger partial charge in [-0.1, -0.05) is 6.92 Å². The Morgan fingerprint density at radius 1 is 1.38 bits per heavy atom. The lowest BCUT2D eigenvalue weighted by Gasteiger charge is -2.32. The van der Waals surface area contributed by atoms with Crippen molar-refractivity contribution in [1.29, 1.82) is 0 Å². The highest BCUT2D eigenvalue weighted by Crippen LogP contribution is 2.18. The minimum absolute atomic E-state index is 0.933. The van der Waals surface area contributed by atoms with E-state index in [-0.39, 0.29) is 0 Å². The Morgan fingerprint density at radius 2 is 2.31 bits per heavy atom. The van der Waals surface area contributed by atoms with Crippen molar-refractivity contribution in [1.82, 2.24) is 10.2 Å². The predicted molar refractivity (Wildman–Crippen MR) is 55.8 cm³/mol. The Kier molecular flexibility index (Phi) is 3.23. The molecule has 2 saturated heterocycles. The summed E-state index contributed by atoms with van der Waals surface area (Å²) in [6.07, 6.45) is 4.26. The topological polar surface area (TPSA) is 15.3 Å². The summed E-state index contributed by atoms with van der Waals surface area (Å²) in [7, 11) is 0. The highest BCUT2D eigenvalue weighted by Gasteiger charge is 2.21. The van der Waals surface area contributed by atoms with Gasteiger partial charge in [0.25, 0.3) is 0 Å². The molecule has 0 saturated carbocycles. The maximum absolute atomic E-state index is 3.45. The first-order valence-electron chi connectivity index (χ1n) is 5.77. The number of hydrogen-bond donors (Lipinski definition) is 1. The quantitative estimate of drug-likeness (QED) is 0.693. The fourth-order valence-corrected chi connectivity index (χ4v) is 2.69. The second-order valence-corrected chi connectivity index (χ2v) is 4.87. The SMILES string of the molecule is C[C@H]1CCCN(C[C@@H]2CCNC2)C1. The van der Waals surface area contributed by atoms with Gasteiger partial charge < -0.3 is 10.2 Å². The third-order valence-corrected chi connectivity index (χ3v) is 3.42. The van der Waals surface area contributed by atoms with E-state index >= 15 is 0 Å². The maximum Gasteiger partial charge on any atom is 0.00224 e. The molecule has 2 rings (SSSR count). The summed E-state index contributed by atoms with van der Waals surface area (Å²) < 4.78 is 0. The van der Waals surface area contributed by atoms with Crippen LogP contribution in [0.5, 0.6) is 0 Å². The minimum atomic E-state index is 0.933. The summed E-state index contributed by atoms with van der Waals surface area (Å²) in [6.45, 7) is 8.92. The van der Waals surface area contributed by atoms with Gasteiger partial charge in [0.15, 0.2) is 0 Å². The Labute approximate surface area is 81.7 Å². The van der Waals surface area contributed by atoms with E-state index < -0.39 is 0 Å². The first kappa shape index (κ1) is 9.47. The molecule has 0 aromatic heterocycles. The van der Waals surface area contributed by atoms with E-state index in [1.807, 2.05) is 0 Å². The van der Waals surface area contributed by atoms with E-state index in [4.69, 9.17) is 0 Å². The third-order valence-electron chi connectivity index (χ3n) is 3.42. The molecule has 1 N–H and O–H groups in total. The fourth-order valence-electron chi connectivity index (χ4n) is 2.69. The van der Waals surface area contributed by atoms with Crippen molar-refractivity contribution < 1.29 is 0 Å². The average Bonchev–Trinajstić information content (AvgIpc) is 2.57. The van der Waals surface area contributed by atoms with E-state index in [9.17, 15) is 0 Å². The number of piperidine rings is 1. The molecule has 0 amide bonds. The van der Waals surface area contributed by atoms with Gasteiger partial charge in [0.05, 0.1) is 0 Å². The van der Waals surface area contributed by atoms with Gasteiger partial charge in [-0.15, -0.1) is 0 Å². The van der Waals surface area contributed by atoms with Gasteiger partial charge in [-0.25, -0.2) is 0 Å². The van der Waals surface area contributed by atoms with Gasteiger partial charge in [0.2, 0.25) is 0 Å². The Morgan fingerprint density at radius 3 is 3.00 bits per heavy atom. The molecule has 76 valence electrons. The molecular weight excluding hydrogens is 160 g/mol. The summed E-state index contributed by atoms with van der Waals surface area (Å²) in [5.74, 6) is 1.87. The molecular formula is C11H22N2. The van der Waals surface area contributed by atoms with Crippen LogP contribution in [0.15, 0.2) is 0 Å². The van der Waals surface area contributed by atoms with E-state index in [1.165, 1.54) is 52.0 Å².